The van der Waals surface area contributed by atoms with Gasteiger partial charge in [0.1, 0.15) is 0 Å². The number of hydrogen-bond acceptors (Lipinski definition) is 0. The summed E-state index contributed by atoms with van der Waals surface area (Å²) in [6.45, 7) is 4.00. The quantitative estimate of drug-likeness (QED) is 0.313. The van der Waals surface area contributed by atoms with Gasteiger partial charge in [0.15, 0.2) is 0 Å². The second kappa shape index (κ2) is 9.03. The van der Waals surface area contributed by atoms with Crippen molar-refractivity contribution in [2.24, 2.45) is 0 Å². The first kappa shape index (κ1) is 9.62. The van der Waals surface area contributed by atoms with Crippen molar-refractivity contribution in [1.82, 2.24) is 0 Å². The normalized spacial score (nSPS) is 7.60. The van der Waals surface area contributed by atoms with Crippen molar-refractivity contribution in [3.8, 4) is 0 Å². The Hall–Kier alpha value is 1.38. The molecule has 0 nitrogen and oxygen atoms in total. The van der Waals surface area contributed by atoms with E-state index in [0.29, 0.717) is 0 Å². The monoisotopic (exact) mass is 95.0 g/mol. The zero-order valence-corrected chi connectivity index (χ0v) is 7.28. The molecule has 0 aliphatic heterocycles. The summed E-state index contributed by atoms with van der Waals surface area (Å²) >= 11 is 0. The van der Waals surface area contributed by atoms with E-state index in [-0.39, 0.29) is 51.4 Å². The second-order valence-corrected chi connectivity index (χ2v) is 0.667. The van der Waals surface area contributed by atoms with Crippen LogP contribution in [0.3, 0.4) is 0 Å². The fraction of sp³-hybridized carbons (Fsp3) is 0.500. The summed E-state index contributed by atoms with van der Waals surface area (Å²) in [4.78, 5) is 0. The molecule has 5 heavy (non-hydrogen) atoms. The van der Waals surface area contributed by atoms with Crippen molar-refractivity contribution in [2.45, 2.75) is 13.8 Å². The van der Waals surface area contributed by atoms with Crippen LogP contribution in [0.5, 0.6) is 0 Å². The number of allylic oxidation sites excluding steroid dienone is 2. The summed E-state index contributed by atoms with van der Waals surface area (Å²) in [6.07, 6.45) is 4.00. The predicted molar refractivity (Wildman–Crippen MR) is 26.2 cm³/mol. The summed E-state index contributed by atoms with van der Waals surface area (Å²) < 4.78 is 0. The van der Waals surface area contributed by atoms with Crippen LogP contribution in [0.25, 0.3) is 0 Å². The molecule has 0 rings (SSSR count). The van der Waals surface area contributed by atoms with Gasteiger partial charge in [-0.15, -0.1) is 0 Å². The van der Waals surface area contributed by atoms with Gasteiger partial charge in [-0.2, -0.15) is 0 Å². The van der Waals surface area contributed by atoms with Gasteiger partial charge >= 0.3 is 0 Å². The second-order valence-electron chi connectivity index (χ2n) is 0.667. The van der Waals surface area contributed by atoms with Gasteiger partial charge in [0.25, 0.3) is 0 Å². The van der Waals surface area contributed by atoms with Gasteiger partial charge in [-0.25, -0.2) is 0 Å². The maximum absolute atomic E-state index is 2.00. The van der Waals surface area contributed by atoms with Crippen LogP contribution in [0.2, 0.25) is 0 Å². The summed E-state index contributed by atoms with van der Waals surface area (Å²) in [5.74, 6) is 0. The summed E-state index contributed by atoms with van der Waals surface area (Å²) in [7, 11) is 0. The van der Waals surface area contributed by atoms with E-state index in [0.717, 1.165) is 0 Å². The van der Waals surface area contributed by atoms with Crippen LogP contribution in [0.4, 0.5) is 0 Å². The molecule has 0 amide bonds. The fourth-order valence-electron chi connectivity index (χ4n) is 0. The molecule has 0 saturated heterocycles. The van der Waals surface area contributed by atoms with Crippen molar-refractivity contribution in [1.29, 1.82) is 0 Å². The van der Waals surface area contributed by atoms with Crippen LogP contribution < -0.4 is 0 Å². The van der Waals surface area contributed by atoms with E-state index < -0.39 is 0 Å². The van der Waals surface area contributed by atoms with E-state index in [4.69, 9.17) is 0 Å². The van der Waals surface area contributed by atoms with Crippen LogP contribution in [0.15, 0.2) is 12.2 Å². The SMILES string of the molecule is CC=CC.[K]. The number of rotatable bonds is 0. The Morgan fingerprint density at radius 2 is 1.20 bits per heavy atom. The van der Waals surface area contributed by atoms with Crippen LogP contribution in [0, 0.1) is 0 Å². The Morgan fingerprint density at radius 1 is 1.00 bits per heavy atom. The molecule has 0 bridgehead atoms. The minimum atomic E-state index is 0. The molecule has 0 heterocycles. The Labute approximate surface area is 76.1 Å². The topological polar surface area (TPSA) is 0 Å². The zero-order valence-electron chi connectivity index (χ0n) is 4.15. The van der Waals surface area contributed by atoms with Crippen molar-refractivity contribution >= 4 is 51.4 Å². The fourth-order valence-corrected chi connectivity index (χ4v) is 0. The molecule has 25 valence electrons. The molecule has 0 atom stereocenters. The Kier molecular flexibility index (Phi) is 17.4. The van der Waals surface area contributed by atoms with E-state index in [1.165, 1.54) is 0 Å². The Balaban J connectivity index is 0. The third-order valence-corrected chi connectivity index (χ3v) is 0.333. The standard InChI is InChI=1S/C4H8.K/c1-3-4-2;/h3-4H,1-2H3;. The molecule has 0 aromatic rings. The van der Waals surface area contributed by atoms with Gasteiger partial charge in [0.05, 0.1) is 0 Å². The largest absolute Gasteiger partial charge is 0.0919 e. The van der Waals surface area contributed by atoms with Gasteiger partial charge in [0.2, 0.25) is 0 Å². The van der Waals surface area contributed by atoms with Gasteiger partial charge in [-0.05, 0) is 13.8 Å². The van der Waals surface area contributed by atoms with Crippen LogP contribution in [-0.2, 0) is 0 Å². The van der Waals surface area contributed by atoms with Crippen molar-refractivity contribution in [2.75, 3.05) is 0 Å². The molecule has 0 N–H and O–H groups in total. The smallest absolute Gasteiger partial charge is 0 e. The van der Waals surface area contributed by atoms with Gasteiger partial charge in [-0.3, -0.25) is 0 Å². The molecule has 0 saturated carbocycles. The molecule has 0 spiro atoms. The molecule has 0 fully saturated rings. The van der Waals surface area contributed by atoms with E-state index in [2.05, 4.69) is 0 Å². The first-order chi connectivity index (χ1) is 1.91. The maximum Gasteiger partial charge on any atom is 0 e. The van der Waals surface area contributed by atoms with Gasteiger partial charge < -0.3 is 0 Å². The third kappa shape index (κ3) is 10.9. The van der Waals surface area contributed by atoms with Crippen molar-refractivity contribution in [3.63, 3.8) is 0 Å². The molecule has 0 aromatic heterocycles. The average molecular weight is 95.2 g/mol. The predicted octanol–water partition coefficient (Wildman–Crippen LogP) is 1.20. The average Bonchev–Trinajstić information content (AvgIpc) is 1.37. The molecule has 1 radical (unpaired) electrons. The molecular formula is C4H8K. The summed E-state index contributed by atoms with van der Waals surface area (Å²) in [5, 5.41) is 0. The van der Waals surface area contributed by atoms with Crippen molar-refractivity contribution < 1.29 is 0 Å². The van der Waals surface area contributed by atoms with Gasteiger partial charge in [-0.1, -0.05) is 12.2 Å². The number of hydrogen-bond donors (Lipinski definition) is 0. The van der Waals surface area contributed by atoms with E-state index in [1.54, 1.807) is 0 Å². The van der Waals surface area contributed by atoms with Crippen LogP contribution in [-0.4, -0.2) is 51.4 Å². The molecule has 0 aliphatic rings. The Morgan fingerprint density at radius 3 is 1.20 bits per heavy atom. The van der Waals surface area contributed by atoms with Crippen molar-refractivity contribution in [3.05, 3.63) is 12.2 Å². The maximum atomic E-state index is 2.00. The Bertz CT molecular complexity index is 18.8. The third-order valence-electron chi connectivity index (χ3n) is 0.333. The zero-order chi connectivity index (χ0) is 3.41. The summed E-state index contributed by atoms with van der Waals surface area (Å²) in [6, 6.07) is 0. The minimum absolute atomic E-state index is 0. The van der Waals surface area contributed by atoms with E-state index in [9.17, 15) is 0 Å². The first-order valence-electron chi connectivity index (χ1n) is 1.49. The van der Waals surface area contributed by atoms with Gasteiger partial charge in [0, 0.05) is 51.4 Å². The van der Waals surface area contributed by atoms with Crippen LogP contribution in [0.1, 0.15) is 13.8 Å². The molecule has 0 unspecified atom stereocenters. The molecule has 0 aliphatic carbocycles. The molecule has 0 aromatic carbocycles. The first-order valence-corrected chi connectivity index (χ1v) is 1.49. The van der Waals surface area contributed by atoms with E-state index in [1.807, 2.05) is 26.0 Å². The molecule has 1 heteroatoms. The van der Waals surface area contributed by atoms with E-state index >= 15 is 0 Å². The summed E-state index contributed by atoms with van der Waals surface area (Å²) in [5.41, 5.74) is 0. The van der Waals surface area contributed by atoms with Crippen LogP contribution >= 0.6 is 0 Å². The molecular weight excluding hydrogens is 87.1 g/mol. The minimum Gasteiger partial charge on any atom is -0.0919 e.